The van der Waals surface area contributed by atoms with Crippen molar-refractivity contribution < 1.29 is 13.9 Å². The molecule has 0 spiro atoms. The molecule has 2 heterocycles. The number of nitrogens with one attached hydrogen (secondary N) is 1. The van der Waals surface area contributed by atoms with Crippen LogP contribution in [0.5, 0.6) is 5.75 Å². The van der Waals surface area contributed by atoms with E-state index in [9.17, 15) is 9.18 Å². The second-order valence-electron chi connectivity index (χ2n) is 6.38. The second-order valence-corrected chi connectivity index (χ2v) is 7.16. The fourth-order valence-electron chi connectivity index (χ4n) is 2.68. The quantitative estimate of drug-likeness (QED) is 0.445. The van der Waals surface area contributed by atoms with E-state index in [1.54, 1.807) is 42.6 Å². The van der Waals surface area contributed by atoms with Gasteiger partial charge >= 0.3 is 0 Å². The van der Waals surface area contributed by atoms with Crippen LogP contribution in [0.2, 0.25) is 10.0 Å². The largest absolute Gasteiger partial charge is 0.470 e. The van der Waals surface area contributed by atoms with Crippen molar-refractivity contribution in [2.75, 3.05) is 5.32 Å². The Labute approximate surface area is 186 Å². The van der Waals surface area contributed by atoms with Crippen molar-refractivity contribution in [1.29, 1.82) is 0 Å². The van der Waals surface area contributed by atoms with Crippen molar-refractivity contribution in [3.63, 3.8) is 0 Å². The van der Waals surface area contributed by atoms with E-state index in [2.05, 4.69) is 20.5 Å². The summed E-state index contributed by atoms with van der Waals surface area (Å²) in [6.45, 7) is 0.219. The molecule has 1 N–H and O–H groups in total. The molecule has 158 valence electrons. The summed E-state index contributed by atoms with van der Waals surface area (Å²) in [4.78, 5) is 16.4. The van der Waals surface area contributed by atoms with Crippen molar-refractivity contribution in [1.82, 2.24) is 24.5 Å². The van der Waals surface area contributed by atoms with Crippen LogP contribution < -0.4 is 10.1 Å². The first-order valence-electron chi connectivity index (χ1n) is 9.04. The normalized spacial score (nSPS) is 10.8. The maximum Gasteiger partial charge on any atom is 0.278 e. The fourth-order valence-corrected chi connectivity index (χ4v) is 3.03. The Morgan fingerprint density at radius 1 is 1.06 bits per heavy atom. The lowest BCUT2D eigenvalue weighted by molar-refractivity contribution is 0.101. The Morgan fingerprint density at radius 2 is 1.90 bits per heavy atom. The highest BCUT2D eigenvalue weighted by molar-refractivity contribution is 6.42. The number of anilines is 1. The predicted molar refractivity (Wildman–Crippen MR) is 113 cm³/mol. The molecule has 0 saturated heterocycles. The van der Waals surface area contributed by atoms with E-state index in [0.717, 1.165) is 0 Å². The molecule has 0 atom stereocenters. The average molecular weight is 461 g/mol. The number of benzene rings is 2. The van der Waals surface area contributed by atoms with Crippen molar-refractivity contribution in [2.45, 2.75) is 13.3 Å². The van der Waals surface area contributed by atoms with Gasteiger partial charge in [-0.25, -0.2) is 18.7 Å². The van der Waals surface area contributed by atoms with Crippen molar-refractivity contribution in [3.05, 3.63) is 88.2 Å². The minimum Gasteiger partial charge on any atom is -0.470 e. The first kappa shape index (κ1) is 20.8. The monoisotopic (exact) mass is 460 g/mol. The lowest BCUT2D eigenvalue weighted by atomic mass is 10.2. The van der Waals surface area contributed by atoms with E-state index in [1.165, 1.54) is 27.8 Å². The van der Waals surface area contributed by atoms with E-state index in [4.69, 9.17) is 27.9 Å². The van der Waals surface area contributed by atoms with E-state index in [-0.39, 0.29) is 30.7 Å². The summed E-state index contributed by atoms with van der Waals surface area (Å²) < 4.78 is 22.2. The van der Waals surface area contributed by atoms with Crippen LogP contribution in [0.1, 0.15) is 16.1 Å². The standard InChI is InChI=1S/C20H15Cl2FN6O2/c21-14-5-3-7-17(18(14)22)31-12-28-9-8-16(26-28)19(30)25-20-24-11-29(27-20)10-13-4-1-2-6-15(13)23/h1-9,11H,10,12H2,(H,25,27,30). The van der Waals surface area contributed by atoms with Crippen LogP contribution in [-0.4, -0.2) is 30.5 Å². The van der Waals surface area contributed by atoms with Gasteiger partial charge in [-0.15, -0.1) is 5.10 Å². The fraction of sp³-hybridized carbons (Fsp3) is 0.100. The molecule has 0 fully saturated rings. The molecule has 2 aromatic carbocycles. The minimum atomic E-state index is -0.497. The average Bonchev–Trinajstić information content (AvgIpc) is 3.40. The molecule has 11 heteroatoms. The number of ether oxygens (including phenoxy) is 1. The molecule has 4 rings (SSSR count). The summed E-state index contributed by atoms with van der Waals surface area (Å²) >= 11 is 12.0. The molecule has 8 nitrogen and oxygen atoms in total. The molecular formula is C20H15Cl2FN6O2. The number of halogens is 3. The molecule has 0 aliphatic heterocycles. The van der Waals surface area contributed by atoms with Gasteiger partial charge in [-0.2, -0.15) is 5.10 Å². The van der Waals surface area contributed by atoms with Gasteiger partial charge in [0.1, 0.15) is 22.9 Å². The molecule has 0 bridgehead atoms. The molecular weight excluding hydrogens is 446 g/mol. The summed E-state index contributed by atoms with van der Waals surface area (Å²) in [7, 11) is 0. The summed E-state index contributed by atoms with van der Waals surface area (Å²) in [6, 6.07) is 12.9. The summed E-state index contributed by atoms with van der Waals surface area (Å²) in [5, 5.41) is 11.5. The van der Waals surface area contributed by atoms with Gasteiger partial charge in [-0.05, 0) is 24.3 Å². The smallest absolute Gasteiger partial charge is 0.278 e. The minimum absolute atomic E-state index is 0.0306. The van der Waals surface area contributed by atoms with Gasteiger partial charge in [0, 0.05) is 11.8 Å². The first-order valence-corrected chi connectivity index (χ1v) is 9.79. The highest BCUT2D eigenvalue weighted by atomic mass is 35.5. The van der Waals surface area contributed by atoms with Crippen LogP contribution in [0.25, 0.3) is 0 Å². The van der Waals surface area contributed by atoms with E-state index >= 15 is 0 Å². The zero-order valence-electron chi connectivity index (χ0n) is 15.9. The van der Waals surface area contributed by atoms with Crippen LogP contribution in [-0.2, 0) is 13.3 Å². The number of hydrogen-bond donors (Lipinski definition) is 1. The Bertz CT molecular complexity index is 1230. The van der Waals surface area contributed by atoms with E-state index in [1.807, 2.05) is 0 Å². The molecule has 2 aromatic heterocycles. The Hall–Kier alpha value is -3.43. The molecule has 0 saturated carbocycles. The third-order valence-corrected chi connectivity index (χ3v) is 5.00. The van der Waals surface area contributed by atoms with Crippen LogP contribution in [0.3, 0.4) is 0 Å². The number of amides is 1. The summed E-state index contributed by atoms with van der Waals surface area (Å²) in [5.41, 5.74) is 0.607. The highest BCUT2D eigenvalue weighted by Gasteiger charge is 2.13. The molecule has 0 aliphatic carbocycles. The molecule has 0 radical (unpaired) electrons. The number of nitrogens with zero attached hydrogens (tertiary/aromatic N) is 5. The maximum atomic E-state index is 13.8. The van der Waals surface area contributed by atoms with Gasteiger partial charge in [-0.1, -0.05) is 47.5 Å². The lowest BCUT2D eigenvalue weighted by Crippen LogP contribution is -2.15. The number of carbonyl (C=O) groups excluding carboxylic acids is 1. The topological polar surface area (TPSA) is 86.9 Å². The summed E-state index contributed by atoms with van der Waals surface area (Å²) in [5.74, 6) is -0.350. The predicted octanol–water partition coefficient (Wildman–Crippen LogP) is 4.26. The molecule has 1 amide bonds. The van der Waals surface area contributed by atoms with Crippen LogP contribution in [0.4, 0.5) is 10.3 Å². The van der Waals surface area contributed by atoms with Gasteiger partial charge < -0.3 is 4.74 Å². The third-order valence-electron chi connectivity index (χ3n) is 4.19. The van der Waals surface area contributed by atoms with E-state index in [0.29, 0.717) is 21.4 Å². The Balaban J connectivity index is 1.35. The number of hydrogen-bond acceptors (Lipinski definition) is 5. The van der Waals surface area contributed by atoms with Crippen LogP contribution >= 0.6 is 23.2 Å². The third kappa shape index (κ3) is 5.01. The number of rotatable bonds is 7. The van der Waals surface area contributed by atoms with Crippen molar-refractivity contribution in [2.24, 2.45) is 0 Å². The van der Waals surface area contributed by atoms with E-state index < -0.39 is 5.91 Å². The second kappa shape index (κ2) is 9.15. The highest BCUT2D eigenvalue weighted by Crippen LogP contribution is 2.31. The van der Waals surface area contributed by atoms with Gasteiger partial charge in [0.05, 0.1) is 11.6 Å². The zero-order chi connectivity index (χ0) is 21.8. The van der Waals surface area contributed by atoms with Crippen molar-refractivity contribution in [3.8, 4) is 5.75 Å². The molecule has 0 aliphatic rings. The number of carbonyl (C=O) groups is 1. The van der Waals surface area contributed by atoms with Crippen LogP contribution in [0.15, 0.2) is 61.1 Å². The zero-order valence-corrected chi connectivity index (χ0v) is 17.4. The SMILES string of the molecule is O=C(Nc1ncn(Cc2ccccc2F)n1)c1ccn(COc2cccc(Cl)c2Cl)n1. The maximum absolute atomic E-state index is 13.8. The first-order chi connectivity index (χ1) is 15.0. The van der Waals surface area contributed by atoms with Gasteiger partial charge in [0.25, 0.3) is 5.91 Å². The summed E-state index contributed by atoms with van der Waals surface area (Å²) in [6.07, 6.45) is 2.99. The molecule has 4 aromatic rings. The Kier molecular flexibility index (Phi) is 6.15. The molecule has 31 heavy (non-hydrogen) atoms. The van der Waals surface area contributed by atoms with Crippen LogP contribution in [0, 0.1) is 5.82 Å². The van der Waals surface area contributed by atoms with Gasteiger partial charge in [0.2, 0.25) is 5.95 Å². The Morgan fingerprint density at radius 3 is 2.74 bits per heavy atom. The van der Waals surface area contributed by atoms with Gasteiger partial charge in [-0.3, -0.25) is 10.1 Å². The lowest BCUT2D eigenvalue weighted by Gasteiger charge is -2.08. The molecule has 0 unspecified atom stereocenters. The van der Waals surface area contributed by atoms with Gasteiger partial charge in [0.15, 0.2) is 12.4 Å². The van der Waals surface area contributed by atoms with Crippen molar-refractivity contribution >= 4 is 35.1 Å². The number of aromatic nitrogens is 5.